The van der Waals surface area contributed by atoms with Crippen LogP contribution in [-0.4, -0.2) is 36.1 Å². The Labute approximate surface area is 209 Å². The van der Waals surface area contributed by atoms with E-state index < -0.39 is 12.8 Å². The van der Waals surface area contributed by atoms with Crippen LogP contribution in [0.15, 0.2) is 48.5 Å². The van der Waals surface area contributed by atoms with E-state index in [9.17, 15) is 19.0 Å². The maximum atomic E-state index is 12.4. The molecular weight excluding hydrogens is 491 g/mol. The lowest BCUT2D eigenvalue weighted by molar-refractivity contribution is -0.134. The number of hydrogen-bond donors (Lipinski definition) is 1. The minimum Gasteiger partial charge on any atom is -0.427 e. The summed E-state index contributed by atoms with van der Waals surface area (Å²) in [6.07, 6.45) is 4.82. The van der Waals surface area contributed by atoms with Crippen LogP contribution in [0.2, 0.25) is 0 Å². The van der Waals surface area contributed by atoms with Crippen LogP contribution >= 0.6 is 18.2 Å². The van der Waals surface area contributed by atoms with Gasteiger partial charge < -0.3 is 19.1 Å². The SMILES string of the molecule is CCCCCC(=O)Oc1ccc(C(=O)Oc2ccc(CSP(=O)(O)OCC3CCCO3)cc2)cc1. The molecule has 1 saturated heterocycles. The second kappa shape index (κ2) is 13.8. The largest absolute Gasteiger partial charge is 0.427 e. The highest BCUT2D eigenvalue weighted by Gasteiger charge is 2.24. The van der Waals surface area contributed by atoms with Crippen LogP contribution in [0.1, 0.15) is 61.4 Å². The molecule has 1 fully saturated rings. The fourth-order valence-corrected chi connectivity index (χ4v) is 5.60. The number of rotatable bonds is 13. The Morgan fingerprint density at radius 2 is 1.74 bits per heavy atom. The first kappa shape index (κ1) is 27.4. The van der Waals surface area contributed by atoms with Crippen LogP contribution in [0.3, 0.4) is 0 Å². The quantitative estimate of drug-likeness (QED) is 0.148. The number of ether oxygens (including phenoxy) is 3. The van der Waals surface area contributed by atoms with Crippen molar-refractivity contribution in [3.8, 4) is 11.5 Å². The molecule has 0 spiro atoms. The summed E-state index contributed by atoms with van der Waals surface area (Å²) in [6, 6.07) is 12.9. The minimum absolute atomic E-state index is 0.109. The second-order valence-corrected chi connectivity index (χ2v) is 12.1. The molecule has 0 aromatic heterocycles. The molecule has 2 unspecified atom stereocenters. The Kier molecular flexibility index (Phi) is 10.8. The Bertz CT molecular complexity index is 1000. The molecule has 1 N–H and O–H groups in total. The number of unbranched alkanes of at least 4 members (excludes halogenated alkanes) is 2. The van der Waals surface area contributed by atoms with Gasteiger partial charge in [-0.05, 0) is 72.6 Å². The average molecular weight is 523 g/mol. The number of carbonyl (C=O) groups excluding carboxylic acids is 2. The lowest BCUT2D eigenvalue weighted by atomic mass is 10.2. The molecule has 3 rings (SSSR count). The summed E-state index contributed by atoms with van der Waals surface area (Å²) in [5, 5.41) is 0. The third kappa shape index (κ3) is 9.78. The van der Waals surface area contributed by atoms with Gasteiger partial charge in [-0.15, -0.1) is 0 Å². The predicted octanol–water partition coefficient (Wildman–Crippen LogP) is 5.92. The summed E-state index contributed by atoms with van der Waals surface area (Å²) >= 11 is 0.832. The van der Waals surface area contributed by atoms with Crippen molar-refractivity contribution in [2.45, 2.75) is 57.3 Å². The topological polar surface area (TPSA) is 108 Å². The summed E-state index contributed by atoms with van der Waals surface area (Å²) in [5.41, 5.74) is 1.11. The highest BCUT2D eigenvalue weighted by Crippen LogP contribution is 2.57. The van der Waals surface area contributed by atoms with Gasteiger partial charge in [0.15, 0.2) is 0 Å². The van der Waals surface area contributed by atoms with Gasteiger partial charge in [0.2, 0.25) is 0 Å². The first-order chi connectivity index (χ1) is 16.8. The fraction of sp³-hybridized carbons (Fsp3) is 0.440. The average Bonchev–Trinajstić information content (AvgIpc) is 3.37. The zero-order valence-electron chi connectivity index (χ0n) is 19.7. The number of carbonyl (C=O) groups is 2. The zero-order valence-corrected chi connectivity index (χ0v) is 21.4. The van der Waals surface area contributed by atoms with Crippen molar-refractivity contribution in [1.29, 1.82) is 0 Å². The standard InChI is InChI=1S/C25H31O8PS/c1-2-3-4-7-24(26)32-21-14-10-20(11-15-21)25(27)33-22-12-8-19(9-13-22)18-35-34(28,29)31-17-23-6-5-16-30-23/h8-15,23H,2-7,16-18H2,1H3,(H,28,29). The first-order valence-corrected chi connectivity index (χ1v) is 14.9. The van der Waals surface area contributed by atoms with Gasteiger partial charge in [-0.2, -0.15) is 0 Å². The van der Waals surface area contributed by atoms with E-state index >= 15 is 0 Å². The van der Waals surface area contributed by atoms with E-state index in [1.54, 1.807) is 36.4 Å². The van der Waals surface area contributed by atoms with E-state index in [-0.39, 0.29) is 24.4 Å². The Balaban J connectivity index is 1.43. The van der Waals surface area contributed by atoms with E-state index in [1.807, 2.05) is 0 Å². The van der Waals surface area contributed by atoms with Crippen molar-refractivity contribution in [2.24, 2.45) is 0 Å². The maximum Gasteiger partial charge on any atom is 0.386 e. The molecule has 190 valence electrons. The van der Waals surface area contributed by atoms with Crippen LogP contribution in [0, 0.1) is 0 Å². The Hall–Kier alpha value is -2.16. The zero-order chi connectivity index (χ0) is 25.1. The molecule has 8 nitrogen and oxygen atoms in total. The third-order valence-corrected chi connectivity index (χ3v) is 8.23. The van der Waals surface area contributed by atoms with E-state index in [4.69, 9.17) is 18.7 Å². The van der Waals surface area contributed by atoms with Gasteiger partial charge in [0.25, 0.3) is 0 Å². The molecular formula is C25H31O8PS. The van der Waals surface area contributed by atoms with Crippen LogP contribution in [0.25, 0.3) is 0 Å². The van der Waals surface area contributed by atoms with Crippen LogP contribution in [0.4, 0.5) is 0 Å². The Morgan fingerprint density at radius 3 is 2.40 bits per heavy atom. The molecule has 0 bridgehead atoms. The molecule has 1 aliphatic heterocycles. The van der Waals surface area contributed by atoms with Crippen molar-refractivity contribution in [3.05, 3.63) is 59.7 Å². The molecule has 1 heterocycles. The summed E-state index contributed by atoms with van der Waals surface area (Å²) in [5.74, 6) is 0.156. The maximum absolute atomic E-state index is 12.4. The number of benzene rings is 2. The second-order valence-electron chi connectivity index (χ2n) is 8.16. The molecule has 0 saturated carbocycles. The highest BCUT2D eigenvalue weighted by atomic mass is 32.7. The third-order valence-electron chi connectivity index (χ3n) is 5.28. The highest BCUT2D eigenvalue weighted by molar-refractivity contribution is 8.54. The van der Waals surface area contributed by atoms with Crippen molar-refractivity contribution in [1.82, 2.24) is 0 Å². The van der Waals surface area contributed by atoms with E-state index in [2.05, 4.69) is 6.92 Å². The monoisotopic (exact) mass is 522 g/mol. The number of hydrogen-bond acceptors (Lipinski definition) is 8. The van der Waals surface area contributed by atoms with E-state index in [0.29, 0.717) is 30.1 Å². The van der Waals surface area contributed by atoms with Gasteiger partial charge in [0.05, 0.1) is 18.3 Å². The molecule has 0 aliphatic carbocycles. The van der Waals surface area contributed by atoms with Crippen molar-refractivity contribution in [3.63, 3.8) is 0 Å². The Morgan fingerprint density at radius 1 is 1.06 bits per heavy atom. The van der Waals surface area contributed by atoms with Gasteiger partial charge >= 0.3 is 18.7 Å². The molecule has 1 aliphatic rings. The first-order valence-electron chi connectivity index (χ1n) is 11.7. The summed E-state index contributed by atoms with van der Waals surface area (Å²) in [7, 11) is 0. The normalized spacial score (nSPS) is 17.0. The van der Waals surface area contributed by atoms with Crippen molar-refractivity contribution in [2.75, 3.05) is 13.2 Å². The molecule has 2 aromatic rings. The van der Waals surface area contributed by atoms with Gasteiger partial charge in [-0.3, -0.25) is 9.32 Å². The fourth-order valence-electron chi connectivity index (χ4n) is 3.33. The molecule has 0 amide bonds. The summed E-state index contributed by atoms with van der Waals surface area (Å²) in [4.78, 5) is 34.2. The molecule has 2 aromatic carbocycles. The molecule has 2 atom stereocenters. The van der Waals surface area contributed by atoms with Gasteiger partial charge in [-0.25, -0.2) is 9.36 Å². The smallest absolute Gasteiger partial charge is 0.386 e. The number of esters is 2. The lowest BCUT2D eigenvalue weighted by Gasteiger charge is -2.14. The van der Waals surface area contributed by atoms with Crippen molar-refractivity contribution >= 4 is 30.1 Å². The van der Waals surface area contributed by atoms with Crippen LogP contribution < -0.4 is 9.47 Å². The van der Waals surface area contributed by atoms with Gasteiger partial charge in [-0.1, -0.05) is 31.9 Å². The van der Waals surface area contributed by atoms with E-state index in [1.165, 1.54) is 12.1 Å². The predicted molar refractivity (Wildman–Crippen MR) is 134 cm³/mol. The van der Waals surface area contributed by atoms with Gasteiger partial charge in [0, 0.05) is 18.8 Å². The van der Waals surface area contributed by atoms with Crippen molar-refractivity contribution < 1.29 is 37.8 Å². The lowest BCUT2D eigenvalue weighted by Crippen LogP contribution is -2.12. The molecule has 10 heteroatoms. The van der Waals surface area contributed by atoms with E-state index in [0.717, 1.165) is 49.0 Å². The minimum atomic E-state index is -3.79. The van der Waals surface area contributed by atoms with Crippen LogP contribution in [-0.2, 0) is 24.4 Å². The molecule has 35 heavy (non-hydrogen) atoms. The van der Waals surface area contributed by atoms with Crippen LogP contribution in [0.5, 0.6) is 11.5 Å². The van der Waals surface area contributed by atoms with Gasteiger partial charge in [0.1, 0.15) is 11.5 Å². The summed E-state index contributed by atoms with van der Waals surface area (Å²) in [6.45, 7) is -0.950. The summed E-state index contributed by atoms with van der Waals surface area (Å²) < 4.78 is 33.4. The molecule has 0 radical (unpaired) electrons.